The van der Waals surface area contributed by atoms with Crippen LogP contribution in [-0.2, 0) is 6.18 Å². The predicted octanol–water partition coefficient (Wildman–Crippen LogP) is 4.86. The molecule has 1 atom stereocenters. The first-order valence-electron chi connectivity index (χ1n) is 10.2. The quantitative estimate of drug-likeness (QED) is 0.257. The Morgan fingerprint density at radius 2 is 1.91 bits per heavy atom. The van der Waals surface area contributed by atoms with Gasteiger partial charge in [0.25, 0.3) is 0 Å². The number of hydrogen-bond donors (Lipinski definition) is 2. The highest BCUT2D eigenvalue weighted by atomic mass is 19.4. The average Bonchev–Trinajstić information content (AvgIpc) is 3.45. The highest BCUT2D eigenvalue weighted by molar-refractivity contribution is 5.83. The molecule has 2 N–H and O–H groups in total. The van der Waals surface area contributed by atoms with Crippen molar-refractivity contribution in [3.8, 4) is 23.0 Å². The van der Waals surface area contributed by atoms with E-state index in [9.17, 15) is 18.3 Å². The number of aromatic nitrogens is 1. The summed E-state index contributed by atoms with van der Waals surface area (Å²) in [6, 6.07) is 13.8. The van der Waals surface area contributed by atoms with Crippen molar-refractivity contribution in [3.63, 3.8) is 0 Å². The van der Waals surface area contributed by atoms with E-state index in [0.717, 1.165) is 11.5 Å². The molecule has 0 saturated carbocycles. The van der Waals surface area contributed by atoms with Crippen LogP contribution < -0.4 is 14.8 Å². The van der Waals surface area contributed by atoms with Crippen LogP contribution in [0.4, 0.5) is 13.2 Å². The normalized spacial score (nSPS) is 12.7. The Morgan fingerprint density at radius 3 is 2.70 bits per heavy atom. The molecule has 4 aromatic rings. The Bertz CT molecular complexity index is 1170. The van der Waals surface area contributed by atoms with Crippen LogP contribution in [0.2, 0.25) is 0 Å². The first-order valence-corrected chi connectivity index (χ1v) is 10.2. The highest BCUT2D eigenvalue weighted by Gasteiger charge is 2.34. The van der Waals surface area contributed by atoms with Gasteiger partial charge in [-0.15, -0.1) is 0 Å². The van der Waals surface area contributed by atoms with Crippen LogP contribution in [0.3, 0.4) is 0 Å². The number of nitrogens with zero attached hydrogens (tertiary/aromatic N) is 1. The number of benzene rings is 2. The topological polar surface area (TPSA) is 89.9 Å². The van der Waals surface area contributed by atoms with E-state index < -0.39 is 23.8 Å². The zero-order valence-corrected chi connectivity index (χ0v) is 17.3. The van der Waals surface area contributed by atoms with E-state index in [2.05, 4.69) is 10.5 Å². The van der Waals surface area contributed by atoms with E-state index in [1.165, 1.54) is 24.5 Å². The minimum Gasteiger partial charge on any atom is -0.492 e. The van der Waals surface area contributed by atoms with Crippen molar-refractivity contribution in [2.45, 2.75) is 18.9 Å². The summed E-state index contributed by atoms with van der Waals surface area (Å²) in [7, 11) is 0. The lowest BCUT2D eigenvalue weighted by Crippen LogP contribution is -2.27. The molecule has 0 spiro atoms. The fraction of sp³-hybridized carbons (Fsp3) is 0.261. The van der Waals surface area contributed by atoms with Crippen molar-refractivity contribution in [2.75, 3.05) is 19.7 Å². The summed E-state index contributed by atoms with van der Waals surface area (Å²) >= 11 is 0. The molecule has 0 fully saturated rings. The second-order valence-corrected chi connectivity index (χ2v) is 7.15. The minimum absolute atomic E-state index is 0.109. The summed E-state index contributed by atoms with van der Waals surface area (Å²) in [4.78, 5) is 0. The Kier molecular flexibility index (Phi) is 6.85. The SMILES string of the molecule is OC(CCNCCOc1ccc2oc(-c3ccon3)cc2c1)Oc1ccccc1C(F)(F)F. The zero-order valence-electron chi connectivity index (χ0n) is 17.3. The molecule has 0 bridgehead atoms. The van der Waals surface area contributed by atoms with E-state index in [0.29, 0.717) is 42.5 Å². The standard InChI is InChI=1S/C23H21F3N2O5/c24-23(25,26)17-3-1-2-4-20(17)33-22(29)7-9-27-10-12-30-16-5-6-19-15(13-16)14-21(32-19)18-8-11-31-28-18/h1-6,8,11,13-14,22,27,29H,7,9-10,12H2. The molecule has 4 rings (SSSR count). The number of fused-ring (bicyclic) bond motifs is 1. The summed E-state index contributed by atoms with van der Waals surface area (Å²) in [5, 5.41) is 17.7. The fourth-order valence-electron chi connectivity index (χ4n) is 3.18. The van der Waals surface area contributed by atoms with E-state index in [4.69, 9.17) is 18.4 Å². The van der Waals surface area contributed by atoms with Gasteiger partial charge in [0.15, 0.2) is 12.1 Å². The molecule has 0 aliphatic rings. The lowest BCUT2D eigenvalue weighted by Gasteiger charge is -2.17. The Hall–Kier alpha value is -3.50. The van der Waals surface area contributed by atoms with Gasteiger partial charge in [-0.3, -0.25) is 0 Å². The number of para-hydroxylation sites is 1. The molecule has 1 unspecified atom stereocenters. The maximum absolute atomic E-state index is 13.0. The van der Waals surface area contributed by atoms with Gasteiger partial charge in [-0.2, -0.15) is 13.2 Å². The number of rotatable bonds is 10. The molecule has 2 aromatic heterocycles. The third-order valence-electron chi connectivity index (χ3n) is 4.75. The lowest BCUT2D eigenvalue weighted by molar-refractivity contribution is -0.140. The Balaban J connectivity index is 1.19. The zero-order chi connectivity index (χ0) is 23.3. The molecule has 0 radical (unpaired) electrons. The van der Waals surface area contributed by atoms with Crippen molar-refractivity contribution >= 4 is 11.0 Å². The van der Waals surface area contributed by atoms with Gasteiger partial charge < -0.3 is 28.8 Å². The predicted molar refractivity (Wildman–Crippen MR) is 113 cm³/mol. The third kappa shape index (κ3) is 5.85. The summed E-state index contributed by atoms with van der Waals surface area (Å²) < 4.78 is 60.3. The van der Waals surface area contributed by atoms with E-state index >= 15 is 0 Å². The van der Waals surface area contributed by atoms with Crippen molar-refractivity contribution in [1.29, 1.82) is 0 Å². The van der Waals surface area contributed by atoms with E-state index in [1.807, 2.05) is 12.1 Å². The van der Waals surface area contributed by atoms with Crippen LogP contribution >= 0.6 is 0 Å². The molecule has 7 nitrogen and oxygen atoms in total. The molecular weight excluding hydrogens is 441 g/mol. The maximum Gasteiger partial charge on any atom is 0.419 e. The van der Waals surface area contributed by atoms with E-state index in [1.54, 1.807) is 18.2 Å². The first-order chi connectivity index (χ1) is 15.9. The van der Waals surface area contributed by atoms with Crippen molar-refractivity contribution in [3.05, 3.63) is 66.4 Å². The van der Waals surface area contributed by atoms with Gasteiger partial charge in [0, 0.05) is 31.0 Å². The molecule has 0 amide bonds. The summed E-state index contributed by atoms with van der Waals surface area (Å²) in [6.45, 7) is 1.16. The fourth-order valence-corrected chi connectivity index (χ4v) is 3.18. The van der Waals surface area contributed by atoms with Crippen molar-refractivity contribution in [1.82, 2.24) is 10.5 Å². The molecule has 10 heteroatoms. The number of alkyl halides is 3. The largest absolute Gasteiger partial charge is 0.492 e. The molecule has 2 aromatic carbocycles. The molecular formula is C23H21F3N2O5. The Morgan fingerprint density at radius 1 is 1.06 bits per heavy atom. The molecule has 2 heterocycles. The summed E-state index contributed by atoms with van der Waals surface area (Å²) in [6.07, 6.45) is -4.35. The maximum atomic E-state index is 13.0. The minimum atomic E-state index is -4.55. The van der Waals surface area contributed by atoms with Crippen LogP contribution in [0.1, 0.15) is 12.0 Å². The van der Waals surface area contributed by atoms with Gasteiger partial charge in [-0.25, -0.2) is 0 Å². The summed E-state index contributed by atoms with van der Waals surface area (Å²) in [5.41, 5.74) is 0.374. The second-order valence-electron chi connectivity index (χ2n) is 7.15. The van der Waals surface area contributed by atoms with E-state index in [-0.39, 0.29) is 6.42 Å². The number of aliphatic hydroxyl groups excluding tert-OH is 1. The van der Waals surface area contributed by atoms with Gasteiger partial charge in [0.2, 0.25) is 0 Å². The van der Waals surface area contributed by atoms with Crippen LogP contribution in [0.5, 0.6) is 11.5 Å². The molecule has 0 saturated heterocycles. The van der Waals surface area contributed by atoms with Gasteiger partial charge >= 0.3 is 6.18 Å². The monoisotopic (exact) mass is 462 g/mol. The van der Waals surface area contributed by atoms with Crippen LogP contribution in [0.25, 0.3) is 22.4 Å². The second kappa shape index (κ2) is 9.97. The highest BCUT2D eigenvalue weighted by Crippen LogP contribution is 2.36. The number of aliphatic hydroxyl groups is 1. The Labute approximate surface area is 186 Å². The number of nitrogens with one attached hydrogen (secondary N) is 1. The van der Waals surface area contributed by atoms with Gasteiger partial charge in [-0.05, 0) is 36.4 Å². The van der Waals surface area contributed by atoms with Crippen LogP contribution in [0.15, 0.2) is 69.8 Å². The van der Waals surface area contributed by atoms with Crippen molar-refractivity contribution in [2.24, 2.45) is 0 Å². The first kappa shape index (κ1) is 22.7. The molecule has 33 heavy (non-hydrogen) atoms. The van der Waals surface area contributed by atoms with Crippen molar-refractivity contribution < 1.29 is 36.7 Å². The van der Waals surface area contributed by atoms with Gasteiger partial charge in [0.05, 0.1) is 5.56 Å². The number of halogens is 3. The van der Waals surface area contributed by atoms with Crippen LogP contribution in [0, 0.1) is 0 Å². The molecule has 0 aliphatic heterocycles. The van der Waals surface area contributed by atoms with Crippen LogP contribution in [-0.4, -0.2) is 36.2 Å². The third-order valence-corrected chi connectivity index (χ3v) is 4.75. The van der Waals surface area contributed by atoms with Gasteiger partial charge in [0.1, 0.15) is 35.6 Å². The molecule has 174 valence electrons. The summed E-state index contributed by atoms with van der Waals surface area (Å²) in [5.74, 6) is 0.849. The number of hydrogen-bond acceptors (Lipinski definition) is 7. The van der Waals surface area contributed by atoms with Gasteiger partial charge in [-0.1, -0.05) is 17.3 Å². The smallest absolute Gasteiger partial charge is 0.419 e. The molecule has 0 aliphatic carbocycles. The number of ether oxygens (including phenoxy) is 2. The number of furan rings is 1. The lowest BCUT2D eigenvalue weighted by atomic mass is 10.2. The average molecular weight is 462 g/mol.